The van der Waals surface area contributed by atoms with Gasteiger partial charge in [-0.1, -0.05) is 18.2 Å². The number of carbonyl (C=O) groups excluding carboxylic acids is 2. The number of Topliss-reactive ketones (excluding diaryl/α,β-unsaturated/α-hetero) is 1. The second-order valence-electron chi connectivity index (χ2n) is 6.48. The molecule has 4 rings (SSSR count). The minimum Gasteiger partial charge on any atom is -0.497 e. The van der Waals surface area contributed by atoms with Crippen molar-refractivity contribution < 1.29 is 19.1 Å². The van der Waals surface area contributed by atoms with Crippen LogP contribution >= 0.6 is 0 Å². The van der Waals surface area contributed by atoms with Crippen LogP contribution in [0.15, 0.2) is 48.7 Å². The van der Waals surface area contributed by atoms with E-state index >= 15 is 0 Å². The first-order chi connectivity index (χ1) is 13.6. The van der Waals surface area contributed by atoms with Gasteiger partial charge in [-0.15, -0.1) is 0 Å². The van der Waals surface area contributed by atoms with Crippen molar-refractivity contribution in [2.24, 2.45) is 0 Å². The van der Waals surface area contributed by atoms with Gasteiger partial charge in [0, 0.05) is 40.1 Å². The summed E-state index contributed by atoms with van der Waals surface area (Å²) >= 11 is 0. The number of methoxy groups -OCH3 is 1. The molecule has 0 amide bonds. The zero-order valence-electron chi connectivity index (χ0n) is 15.7. The predicted molar refractivity (Wildman–Crippen MR) is 107 cm³/mol. The van der Waals surface area contributed by atoms with Crippen LogP contribution in [0.1, 0.15) is 28.5 Å². The third kappa shape index (κ3) is 3.03. The second-order valence-corrected chi connectivity index (χ2v) is 6.48. The minimum atomic E-state index is -0.855. The smallest absolute Gasteiger partial charge is 0.379 e. The molecular weight excluding hydrogens is 356 g/mol. The zero-order chi connectivity index (χ0) is 19.7. The van der Waals surface area contributed by atoms with E-state index in [-0.39, 0.29) is 6.61 Å². The number of benzene rings is 2. The second kappa shape index (κ2) is 7.23. The lowest BCUT2D eigenvalue weighted by molar-refractivity contribution is -0.137. The third-order valence-electron chi connectivity index (χ3n) is 4.81. The van der Waals surface area contributed by atoms with Gasteiger partial charge in [0.15, 0.2) is 0 Å². The standard InChI is InChI=1S/C22H20N2O4/c1-3-28-22(26)21(25)20-16-11-14(27-2)8-9-18(16)24-19(20)10-13-12-23-17-7-5-4-6-15(13)17/h4-9,11-12,23-24H,3,10H2,1-2H3. The molecule has 0 aliphatic heterocycles. The van der Waals surface area contributed by atoms with Gasteiger partial charge in [0.05, 0.1) is 19.3 Å². The van der Waals surface area contributed by atoms with E-state index in [1.165, 1.54) is 0 Å². The average molecular weight is 376 g/mol. The summed E-state index contributed by atoms with van der Waals surface area (Å²) in [4.78, 5) is 31.6. The van der Waals surface area contributed by atoms with E-state index < -0.39 is 11.8 Å². The van der Waals surface area contributed by atoms with Crippen molar-refractivity contribution in [1.82, 2.24) is 9.97 Å². The number of para-hydroxylation sites is 1. The van der Waals surface area contributed by atoms with Gasteiger partial charge in [-0.05, 0) is 36.8 Å². The highest BCUT2D eigenvalue weighted by atomic mass is 16.5. The minimum absolute atomic E-state index is 0.147. The Hall–Kier alpha value is -3.54. The summed E-state index contributed by atoms with van der Waals surface area (Å²) in [7, 11) is 1.56. The fourth-order valence-corrected chi connectivity index (χ4v) is 3.51. The lowest BCUT2D eigenvalue weighted by Gasteiger charge is -2.05. The molecule has 2 aromatic heterocycles. The number of aromatic amines is 2. The maximum absolute atomic E-state index is 12.9. The molecule has 0 bridgehead atoms. The average Bonchev–Trinajstić information content (AvgIpc) is 3.28. The molecule has 0 fully saturated rings. The van der Waals surface area contributed by atoms with Crippen LogP contribution in [-0.4, -0.2) is 35.4 Å². The van der Waals surface area contributed by atoms with E-state index in [0.717, 1.165) is 22.0 Å². The number of H-pyrrole nitrogens is 2. The number of nitrogens with one attached hydrogen (secondary N) is 2. The van der Waals surface area contributed by atoms with Crippen LogP contribution in [0.2, 0.25) is 0 Å². The van der Waals surface area contributed by atoms with Gasteiger partial charge in [-0.2, -0.15) is 0 Å². The number of esters is 1. The van der Waals surface area contributed by atoms with E-state index in [2.05, 4.69) is 9.97 Å². The Morgan fingerprint density at radius 2 is 1.86 bits per heavy atom. The normalized spacial score (nSPS) is 11.1. The summed E-state index contributed by atoms with van der Waals surface area (Å²) in [5.74, 6) is -0.898. The van der Waals surface area contributed by atoms with Gasteiger partial charge in [-0.25, -0.2) is 4.79 Å². The van der Waals surface area contributed by atoms with Crippen molar-refractivity contribution >= 4 is 33.6 Å². The zero-order valence-corrected chi connectivity index (χ0v) is 15.7. The maximum atomic E-state index is 12.9. The van der Waals surface area contributed by atoms with Crippen molar-refractivity contribution in [3.8, 4) is 5.75 Å². The van der Waals surface area contributed by atoms with E-state index in [1.54, 1.807) is 20.1 Å². The van der Waals surface area contributed by atoms with Gasteiger partial charge in [0.1, 0.15) is 5.75 Å². The molecule has 2 N–H and O–H groups in total. The van der Waals surface area contributed by atoms with E-state index in [0.29, 0.717) is 28.8 Å². The molecule has 28 heavy (non-hydrogen) atoms. The number of ether oxygens (including phenoxy) is 2. The number of carbonyl (C=O) groups is 2. The third-order valence-corrected chi connectivity index (χ3v) is 4.81. The van der Waals surface area contributed by atoms with E-state index in [9.17, 15) is 9.59 Å². The molecule has 0 atom stereocenters. The Kier molecular flexibility index (Phi) is 4.61. The first kappa shape index (κ1) is 17.9. The number of fused-ring (bicyclic) bond motifs is 2. The Bertz CT molecular complexity index is 1190. The summed E-state index contributed by atoms with van der Waals surface area (Å²) in [6.45, 7) is 1.82. The van der Waals surface area contributed by atoms with Gasteiger partial charge in [0.25, 0.3) is 5.78 Å². The molecular formula is C22H20N2O4. The Balaban J connectivity index is 1.85. The van der Waals surface area contributed by atoms with E-state index in [1.807, 2.05) is 42.6 Å². The highest BCUT2D eigenvalue weighted by molar-refractivity contribution is 6.43. The number of aromatic nitrogens is 2. The Morgan fingerprint density at radius 3 is 2.64 bits per heavy atom. The molecule has 6 nitrogen and oxygen atoms in total. The first-order valence-electron chi connectivity index (χ1n) is 9.07. The number of hydrogen-bond acceptors (Lipinski definition) is 4. The number of ketones is 1. The summed E-state index contributed by atoms with van der Waals surface area (Å²) in [6, 6.07) is 13.4. The molecule has 0 aliphatic carbocycles. The van der Waals surface area contributed by atoms with Crippen LogP contribution in [-0.2, 0) is 16.0 Å². The van der Waals surface area contributed by atoms with E-state index in [4.69, 9.17) is 9.47 Å². The molecule has 0 saturated carbocycles. The summed E-state index contributed by atoms with van der Waals surface area (Å²) < 4.78 is 10.2. The molecule has 0 radical (unpaired) electrons. The van der Waals surface area contributed by atoms with Gasteiger partial charge < -0.3 is 19.4 Å². The van der Waals surface area contributed by atoms with Gasteiger partial charge in [-0.3, -0.25) is 4.79 Å². The Morgan fingerprint density at radius 1 is 1.04 bits per heavy atom. The maximum Gasteiger partial charge on any atom is 0.379 e. The van der Waals surface area contributed by atoms with Crippen LogP contribution in [0.4, 0.5) is 0 Å². The monoisotopic (exact) mass is 376 g/mol. The van der Waals surface area contributed by atoms with Crippen LogP contribution < -0.4 is 4.74 Å². The molecule has 0 saturated heterocycles. The topological polar surface area (TPSA) is 84.2 Å². The molecule has 0 aliphatic rings. The summed E-state index contributed by atoms with van der Waals surface area (Å²) in [5.41, 5.74) is 3.83. The van der Waals surface area contributed by atoms with Crippen LogP contribution in [0.25, 0.3) is 21.8 Å². The van der Waals surface area contributed by atoms with Crippen molar-refractivity contribution in [2.45, 2.75) is 13.3 Å². The van der Waals surface area contributed by atoms with Crippen molar-refractivity contribution in [3.63, 3.8) is 0 Å². The molecule has 4 aromatic rings. The van der Waals surface area contributed by atoms with Crippen LogP contribution in [0.3, 0.4) is 0 Å². The molecule has 6 heteroatoms. The number of rotatable bonds is 6. The fraction of sp³-hybridized carbons (Fsp3) is 0.182. The lowest BCUT2D eigenvalue weighted by Crippen LogP contribution is -2.18. The largest absolute Gasteiger partial charge is 0.497 e. The van der Waals surface area contributed by atoms with Crippen molar-refractivity contribution in [1.29, 1.82) is 0 Å². The molecule has 2 heterocycles. The van der Waals surface area contributed by atoms with Crippen LogP contribution in [0.5, 0.6) is 5.75 Å². The first-order valence-corrected chi connectivity index (χ1v) is 9.07. The van der Waals surface area contributed by atoms with Crippen molar-refractivity contribution in [3.05, 3.63) is 65.5 Å². The molecule has 0 spiro atoms. The highest BCUT2D eigenvalue weighted by Gasteiger charge is 2.26. The number of hydrogen-bond donors (Lipinski definition) is 2. The van der Waals surface area contributed by atoms with Crippen LogP contribution in [0, 0.1) is 0 Å². The molecule has 0 unspecified atom stereocenters. The van der Waals surface area contributed by atoms with Gasteiger partial charge in [0.2, 0.25) is 0 Å². The SMILES string of the molecule is CCOC(=O)C(=O)c1c(Cc2c[nH]c3ccccc23)[nH]c2ccc(OC)cc12. The summed E-state index contributed by atoms with van der Waals surface area (Å²) in [5, 5.41) is 1.72. The Labute approximate surface area is 161 Å². The fourth-order valence-electron chi connectivity index (χ4n) is 3.51. The van der Waals surface area contributed by atoms with Gasteiger partial charge >= 0.3 is 5.97 Å². The predicted octanol–water partition coefficient (Wildman–Crippen LogP) is 3.99. The summed E-state index contributed by atoms with van der Waals surface area (Å²) in [6.07, 6.45) is 2.40. The van der Waals surface area contributed by atoms with Crippen molar-refractivity contribution in [2.75, 3.05) is 13.7 Å². The highest BCUT2D eigenvalue weighted by Crippen LogP contribution is 2.30. The quantitative estimate of drug-likeness (QED) is 0.303. The molecule has 2 aromatic carbocycles. The lowest BCUT2D eigenvalue weighted by atomic mass is 10.0. The molecule has 142 valence electrons.